The Hall–Kier alpha value is -4.37. The summed E-state index contributed by atoms with van der Waals surface area (Å²) in [4.78, 5) is 27.9. The Kier molecular flexibility index (Phi) is 8.97. The van der Waals surface area contributed by atoms with Crippen molar-refractivity contribution in [1.29, 1.82) is 5.26 Å². The molecule has 0 atom stereocenters. The smallest absolute Gasteiger partial charge is 0.475 e. The first-order chi connectivity index (χ1) is 21.0. The Morgan fingerprint density at radius 1 is 1.05 bits per heavy atom. The molecule has 2 aromatic heterocycles. The maximum atomic E-state index is 14.1. The molecule has 0 spiro atoms. The third-order valence-corrected chi connectivity index (χ3v) is 8.05. The van der Waals surface area contributed by atoms with Crippen LogP contribution >= 0.6 is 23.2 Å². The normalized spacial score (nSPS) is 13.8. The zero-order chi connectivity index (χ0) is 31.6. The van der Waals surface area contributed by atoms with Gasteiger partial charge in [0.05, 0.1) is 32.7 Å². The molecule has 3 heterocycles. The van der Waals surface area contributed by atoms with E-state index in [1.807, 2.05) is 59.3 Å². The van der Waals surface area contributed by atoms with Crippen LogP contribution in [-0.2, 0) is 11.3 Å². The zero-order valence-corrected chi connectivity index (χ0v) is 24.4. The Morgan fingerprint density at radius 3 is 2.32 bits per heavy atom. The number of carboxylic acids is 1. The number of nitriles is 1. The van der Waals surface area contributed by atoms with Gasteiger partial charge in [-0.05, 0) is 61.8 Å². The van der Waals surface area contributed by atoms with Crippen LogP contribution in [-0.4, -0.2) is 44.5 Å². The van der Waals surface area contributed by atoms with Gasteiger partial charge in [-0.3, -0.25) is 4.79 Å². The number of para-hydroxylation sites is 1. The van der Waals surface area contributed by atoms with Crippen molar-refractivity contribution in [3.63, 3.8) is 0 Å². The molecule has 0 bridgehead atoms. The topological polar surface area (TPSA) is 113 Å². The number of fused-ring (bicyclic) bond motifs is 2. The number of benzene rings is 3. The predicted molar refractivity (Wildman–Crippen MR) is 162 cm³/mol. The van der Waals surface area contributed by atoms with E-state index in [0.29, 0.717) is 38.9 Å². The maximum Gasteiger partial charge on any atom is 0.490 e. The molecular formula is C31H24Cl2F3N5O3. The molecule has 8 nitrogen and oxygen atoms in total. The summed E-state index contributed by atoms with van der Waals surface area (Å²) >= 11 is 12.8. The number of carbonyl (C=O) groups is 1. The van der Waals surface area contributed by atoms with E-state index in [2.05, 4.69) is 16.0 Å². The van der Waals surface area contributed by atoms with Crippen molar-refractivity contribution in [2.24, 2.45) is 0 Å². The molecule has 1 aliphatic rings. The van der Waals surface area contributed by atoms with Crippen molar-refractivity contribution in [3.05, 3.63) is 98.4 Å². The van der Waals surface area contributed by atoms with Gasteiger partial charge in [0.1, 0.15) is 5.69 Å². The molecule has 2 N–H and O–H groups in total. The number of nitrogens with one attached hydrogen (secondary N) is 1. The van der Waals surface area contributed by atoms with E-state index in [0.717, 1.165) is 48.0 Å². The molecule has 1 aliphatic heterocycles. The van der Waals surface area contributed by atoms with Gasteiger partial charge in [-0.1, -0.05) is 53.5 Å². The number of alkyl halides is 3. The highest BCUT2D eigenvalue weighted by Crippen LogP contribution is 2.33. The third kappa shape index (κ3) is 6.43. The number of halogens is 5. The van der Waals surface area contributed by atoms with E-state index in [-0.39, 0.29) is 11.6 Å². The van der Waals surface area contributed by atoms with Gasteiger partial charge in [0.2, 0.25) is 0 Å². The molecule has 1 saturated heterocycles. The molecule has 13 heteroatoms. The first-order valence-corrected chi connectivity index (χ1v) is 14.2. The minimum atomic E-state index is -5.08. The largest absolute Gasteiger partial charge is 0.490 e. The SMILES string of the molecule is N#Cc1ccc(Cn2cc(-c3nc4cc(Cl)c(Cl)cc4n(C4CCNCC4)c3=O)c3ccccc32)cc1.O=C(O)C(F)(F)F. The molecule has 0 unspecified atom stereocenters. The second-order valence-electron chi connectivity index (χ2n) is 10.2. The standard InChI is InChI=1S/C29H23Cl2N5O.C2HF3O2/c30-23-13-25-27(14-24(23)31)36(20-9-11-33-12-10-20)29(37)28(34-25)22-17-35(26-4-2-1-3-21(22)26)16-19-7-5-18(15-32)6-8-19;3-2(4,5)1(6)7/h1-8,13-14,17,20,33H,9-12,16H2;(H,6,7). The summed E-state index contributed by atoms with van der Waals surface area (Å²) in [6, 6.07) is 21.3. The van der Waals surface area contributed by atoms with Crippen LogP contribution in [0.3, 0.4) is 0 Å². The number of carboxylic acid groups (broad SMARTS) is 1. The van der Waals surface area contributed by atoms with Gasteiger partial charge in [0.25, 0.3) is 5.56 Å². The van der Waals surface area contributed by atoms with Crippen molar-refractivity contribution in [2.75, 3.05) is 13.1 Å². The van der Waals surface area contributed by atoms with E-state index in [4.69, 9.17) is 43.3 Å². The summed E-state index contributed by atoms with van der Waals surface area (Å²) in [6.07, 6.45) is -1.39. The summed E-state index contributed by atoms with van der Waals surface area (Å²) in [5.41, 5.74) is 5.10. The van der Waals surface area contributed by atoms with Crippen molar-refractivity contribution in [3.8, 4) is 17.3 Å². The molecule has 6 rings (SSSR count). The Balaban J connectivity index is 0.000000493. The molecule has 0 amide bonds. The highest BCUT2D eigenvalue weighted by Gasteiger charge is 2.38. The summed E-state index contributed by atoms with van der Waals surface area (Å²) < 4.78 is 35.7. The number of aromatic nitrogens is 3. The number of aliphatic carboxylic acids is 1. The molecule has 226 valence electrons. The Morgan fingerprint density at radius 2 is 1.68 bits per heavy atom. The second-order valence-corrected chi connectivity index (χ2v) is 11.0. The molecule has 44 heavy (non-hydrogen) atoms. The van der Waals surface area contributed by atoms with Crippen LogP contribution in [0.5, 0.6) is 0 Å². The van der Waals surface area contributed by atoms with Crippen molar-refractivity contribution in [2.45, 2.75) is 31.6 Å². The van der Waals surface area contributed by atoms with Crippen LogP contribution in [0.15, 0.2) is 71.7 Å². The van der Waals surface area contributed by atoms with Gasteiger partial charge in [-0.2, -0.15) is 18.4 Å². The van der Waals surface area contributed by atoms with Crippen LogP contribution in [0, 0.1) is 11.3 Å². The van der Waals surface area contributed by atoms with Crippen molar-refractivity contribution in [1.82, 2.24) is 19.4 Å². The third-order valence-electron chi connectivity index (χ3n) is 7.33. The molecule has 5 aromatic rings. The van der Waals surface area contributed by atoms with Gasteiger partial charge in [-0.15, -0.1) is 0 Å². The van der Waals surface area contributed by atoms with Gasteiger partial charge in [0, 0.05) is 35.2 Å². The Labute approximate surface area is 258 Å². The summed E-state index contributed by atoms with van der Waals surface area (Å²) in [5.74, 6) is -2.76. The van der Waals surface area contributed by atoms with Gasteiger partial charge < -0.3 is 19.6 Å². The summed E-state index contributed by atoms with van der Waals surface area (Å²) in [7, 11) is 0. The number of hydrogen-bond acceptors (Lipinski definition) is 5. The van der Waals surface area contributed by atoms with Gasteiger partial charge >= 0.3 is 12.1 Å². The lowest BCUT2D eigenvalue weighted by Gasteiger charge is -2.26. The van der Waals surface area contributed by atoms with E-state index in [1.165, 1.54) is 0 Å². The Bertz CT molecular complexity index is 1960. The number of hydrogen-bond donors (Lipinski definition) is 2. The fourth-order valence-electron chi connectivity index (χ4n) is 5.25. The molecule has 1 fully saturated rings. The number of nitrogens with zero attached hydrogens (tertiary/aromatic N) is 4. The van der Waals surface area contributed by atoms with Crippen molar-refractivity contribution >= 4 is 51.1 Å². The minimum absolute atomic E-state index is 0.0437. The highest BCUT2D eigenvalue weighted by atomic mass is 35.5. The molecule has 0 radical (unpaired) electrons. The maximum absolute atomic E-state index is 14.1. The van der Waals surface area contributed by atoms with E-state index in [1.54, 1.807) is 12.1 Å². The van der Waals surface area contributed by atoms with Crippen LogP contribution in [0.1, 0.15) is 30.0 Å². The molecule has 3 aromatic carbocycles. The van der Waals surface area contributed by atoms with E-state index >= 15 is 0 Å². The lowest BCUT2D eigenvalue weighted by Crippen LogP contribution is -2.35. The van der Waals surface area contributed by atoms with Crippen LogP contribution in [0.4, 0.5) is 13.2 Å². The minimum Gasteiger partial charge on any atom is -0.475 e. The monoisotopic (exact) mass is 641 g/mol. The molecule has 0 aliphatic carbocycles. The van der Waals surface area contributed by atoms with E-state index in [9.17, 15) is 18.0 Å². The number of rotatable bonds is 4. The predicted octanol–water partition coefficient (Wildman–Crippen LogP) is 6.80. The molecular weight excluding hydrogens is 618 g/mol. The fourth-order valence-corrected chi connectivity index (χ4v) is 5.57. The van der Waals surface area contributed by atoms with Crippen LogP contribution < -0.4 is 10.9 Å². The fraction of sp³-hybridized carbons (Fsp3) is 0.226. The molecule has 0 saturated carbocycles. The average Bonchev–Trinajstić information content (AvgIpc) is 3.36. The average molecular weight is 642 g/mol. The van der Waals surface area contributed by atoms with Crippen molar-refractivity contribution < 1.29 is 23.1 Å². The van der Waals surface area contributed by atoms with E-state index < -0.39 is 12.1 Å². The second kappa shape index (κ2) is 12.7. The van der Waals surface area contributed by atoms with Gasteiger partial charge in [-0.25, -0.2) is 9.78 Å². The summed E-state index contributed by atoms with van der Waals surface area (Å²) in [6.45, 7) is 2.30. The first-order valence-electron chi connectivity index (χ1n) is 13.5. The lowest BCUT2D eigenvalue weighted by atomic mass is 10.0. The first kappa shape index (κ1) is 31.1. The lowest BCUT2D eigenvalue weighted by molar-refractivity contribution is -0.192. The zero-order valence-electron chi connectivity index (χ0n) is 22.9. The van der Waals surface area contributed by atoms with Crippen LogP contribution in [0.2, 0.25) is 10.0 Å². The summed E-state index contributed by atoms with van der Waals surface area (Å²) in [5, 5.41) is 21.4. The van der Waals surface area contributed by atoms with Crippen LogP contribution in [0.25, 0.3) is 33.2 Å². The highest BCUT2D eigenvalue weighted by molar-refractivity contribution is 6.42. The quantitative estimate of drug-likeness (QED) is 0.223. The van der Waals surface area contributed by atoms with Gasteiger partial charge in [0.15, 0.2) is 0 Å². The number of piperidine rings is 1.